The molecule has 0 bridgehead atoms. The Labute approximate surface area is 140 Å². The van der Waals surface area contributed by atoms with Crippen LogP contribution in [-0.2, 0) is 15.3 Å². The Bertz CT molecular complexity index is 554. The smallest absolute Gasteiger partial charge is 0.240 e. The summed E-state index contributed by atoms with van der Waals surface area (Å²) in [6, 6.07) is 10.4. The lowest BCUT2D eigenvalue weighted by atomic mass is 10.2. The van der Waals surface area contributed by atoms with E-state index in [9.17, 15) is 4.79 Å². The Balaban J connectivity index is 1.37. The first kappa shape index (κ1) is 16.3. The predicted molar refractivity (Wildman–Crippen MR) is 92.1 cm³/mol. The molecule has 0 aliphatic carbocycles. The molecular formula is C16H22N4O2S. The van der Waals surface area contributed by atoms with Crippen LogP contribution in [0.2, 0.25) is 0 Å². The summed E-state index contributed by atoms with van der Waals surface area (Å²) in [6.07, 6.45) is 1.88. The number of hydrogen-bond acceptors (Lipinski definition) is 6. The van der Waals surface area contributed by atoms with Gasteiger partial charge in [0.25, 0.3) is 0 Å². The van der Waals surface area contributed by atoms with Crippen LogP contribution in [0, 0.1) is 0 Å². The predicted octanol–water partition coefficient (Wildman–Crippen LogP) is 0.952. The van der Waals surface area contributed by atoms with Crippen molar-refractivity contribution in [1.82, 2.24) is 15.1 Å². The second kappa shape index (κ2) is 7.81. The van der Waals surface area contributed by atoms with Crippen LogP contribution < -0.4 is 5.32 Å². The zero-order valence-electron chi connectivity index (χ0n) is 13.2. The molecule has 124 valence electrons. The lowest BCUT2D eigenvalue weighted by Crippen LogP contribution is -2.53. The number of hydrogen-bond donors (Lipinski definition) is 1. The minimum atomic E-state index is 0.0193. The molecule has 23 heavy (non-hydrogen) atoms. The number of rotatable bonds is 6. The molecule has 1 aromatic carbocycles. The van der Waals surface area contributed by atoms with Gasteiger partial charge in [-0.1, -0.05) is 30.3 Å². The molecule has 2 aliphatic rings. The number of nitrogens with one attached hydrogen (secondary N) is 1. The number of ether oxygens (including phenoxy) is 1. The number of carbonyl (C=O) groups excluding carboxylic acids is 1. The van der Waals surface area contributed by atoms with Gasteiger partial charge in [-0.2, -0.15) is 0 Å². The Morgan fingerprint density at radius 2 is 2.26 bits per heavy atom. The highest BCUT2D eigenvalue weighted by molar-refractivity contribution is 7.98. The van der Waals surface area contributed by atoms with E-state index in [0.717, 1.165) is 5.75 Å². The highest BCUT2D eigenvalue weighted by atomic mass is 32.2. The van der Waals surface area contributed by atoms with Crippen LogP contribution in [0.3, 0.4) is 0 Å². The zero-order valence-corrected chi connectivity index (χ0v) is 14.0. The Kier molecular flexibility index (Phi) is 5.53. The molecular weight excluding hydrogens is 312 g/mol. The van der Waals surface area contributed by atoms with E-state index >= 15 is 0 Å². The first-order valence-corrected chi connectivity index (χ1v) is 8.85. The fourth-order valence-electron chi connectivity index (χ4n) is 2.75. The molecule has 1 saturated heterocycles. The van der Waals surface area contributed by atoms with Crippen LogP contribution in [0.5, 0.6) is 0 Å². The van der Waals surface area contributed by atoms with Crippen molar-refractivity contribution in [3.8, 4) is 0 Å². The van der Waals surface area contributed by atoms with E-state index in [4.69, 9.17) is 4.74 Å². The van der Waals surface area contributed by atoms with Gasteiger partial charge in [0.2, 0.25) is 5.91 Å². The molecule has 7 heteroatoms. The summed E-state index contributed by atoms with van der Waals surface area (Å²) in [5.74, 6) is 1.53. The Morgan fingerprint density at radius 1 is 1.43 bits per heavy atom. The van der Waals surface area contributed by atoms with Gasteiger partial charge < -0.3 is 15.0 Å². The zero-order chi connectivity index (χ0) is 16.1. The van der Waals surface area contributed by atoms with Crippen molar-refractivity contribution < 1.29 is 9.53 Å². The number of fused-ring (bicyclic) bond motifs is 1. The molecule has 1 fully saturated rings. The normalized spacial score (nSPS) is 23.8. The molecule has 1 amide bonds. The van der Waals surface area contributed by atoms with E-state index in [1.807, 2.05) is 30.1 Å². The van der Waals surface area contributed by atoms with Crippen LogP contribution in [0.4, 0.5) is 0 Å². The van der Waals surface area contributed by atoms with Crippen LogP contribution in [0.15, 0.2) is 35.3 Å². The molecule has 2 heterocycles. The van der Waals surface area contributed by atoms with Crippen molar-refractivity contribution in [3.63, 3.8) is 0 Å². The van der Waals surface area contributed by atoms with Crippen LogP contribution in [-0.4, -0.2) is 67.1 Å². The summed E-state index contributed by atoms with van der Waals surface area (Å²) in [7, 11) is 1.98. The standard InChI is InChI=1S/C16H22N4O2S/c1-19-12-22-8-14-16(19)17-10-20(14)7-15(21)18-11-23-9-13-5-3-2-4-6-13/h2-6,10,14,16H,7-9,11-12H2,1H3,(H,18,21). The third-order valence-corrected chi connectivity index (χ3v) is 4.87. The summed E-state index contributed by atoms with van der Waals surface area (Å²) < 4.78 is 5.52. The first-order valence-electron chi connectivity index (χ1n) is 7.69. The molecule has 0 saturated carbocycles. The van der Waals surface area contributed by atoms with Gasteiger partial charge in [-0.15, -0.1) is 11.8 Å². The first-order chi connectivity index (χ1) is 11.2. The molecule has 1 N–H and O–H groups in total. The number of amides is 1. The number of nitrogens with zero attached hydrogens (tertiary/aromatic N) is 3. The monoisotopic (exact) mass is 334 g/mol. The molecule has 2 aliphatic heterocycles. The molecule has 6 nitrogen and oxygen atoms in total. The van der Waals surface area contributed by atoms with Crippen molar-refractivity contribution in [2.24, 2.45) is 4.99 Å². The SMILES string of the molecule is CN1COCC2C1N=CN2CC(=O)NCSCc1ccccc1. The van der Waals surface area contributed by atoms with Crippen molar-refractivity contribution in [1.29, 1.82) is 0 Å². The highest BCUT2D eigenvalue weighted by Crippen LogP contribution is 2.20. The number of thioether (sulfide) groups is 1. The Morgan fingerprint density at radius 3 is 3.09 bits per heavy atom. The summed E-state index contributed by atoms with van der Waals surface area (Å²) in [6.45, 7) is 1.54. The second-order valence-electron chi connectivity index (χ2n) is 5.75. The third kappa shape index (κ3) is 4.25. The van der Waals surface area contributed by atoms with E-state index in [0.29, 0.717) is 25.8 Å². The maximum atomic E-state index is 12.1. The fourth-order valence-corrected chi connectivity index (χ4v) is 3.54. The molecule has 0 aromatic heterocycles. The van der Waals surface area contributed by atoms with Crippen LogP contribution in [0.1, 0.15) is 5.56 Å². The third-order valence-electron chi connectivity index (χ3n) is 3.98. The van der Waals surface area contributed by atoms with E-state index in [1.54, 1.807) is 18.1 Å². The van der Waals surface area contributed by atoms with Gasteiger partial charge in [0, 0.05) is 5.75 Å². The van der Waals surface area contributed by atoms with Gasteiger partial charge in [0.15, 0.2) is 0 Å². The lowest BCUT2D eigenvalue weighted by Gasteiger charge is -2.36. The quantitative estimate of drug-likeness (QED) is 0.620. The van der Waals surface area contributed by atoms with Crippen molar-refractivity contribution in [2.45, 2.75) is 18.0 Å². The number of benzene rings is 1. The van der Waals surface area contributed by atoms with Gasteiger partial charge in [-0.25, -0.2) is 0 Å². The van der Waals surface area contributed by atoms with Crippen molar-refractivity contribution in [3.05, 3.63) is 35.9 Å². The van der Waals surface area contributed by atoms with Gasteiger partial charge in [-0.05, 0) is 12.6 Å². The molecule has 1 aromatic rings. The van der Waals surface area contributed by atoms with Crippen LogP contribution in [0.25, 0.3) is 0 Å². The number of likely N-dealkylation sites (N-methyl/N-ethyl adjacent to an activating group) is 1. The second-order valence-corrected chi connectivity index (χ2v) is 6.74. The Hall–Kier alpha value is -1.57. The molecule has 2 atom stereocenters. The summed E-state index contributed by atoms with van der Waals surface area (Å²) in [5.41, 5.74) is 1.27. The molecule has 2 unspecified atom stereocenters. The van der Waals surface area contributed by atoms with E-state index in [2.05, 4.69) is 27.3 Å². The molecule has 3 rings (SSSR count). The van der Waals surface area contributed by atoms with Crippen molar-refractivity contribution >= 4 is 24.0 Å². The maximum Gasteiger partial charge on any atom is 0.240 e. The van der Waals surface area contributed by atoms with Crippen LogP contribution >= 0.6 is 11.8 Å². The summed E-state index contributed by atoms with van der Waals surface area (Å²) >= 11 is 1.70. The lowest BCUT2D eigenvalue weighted by molar-refractivity contribution is -0.122. The van der Waals surface area contributed by atoms with E-state index in [-0.39, 0.29) is 18.1 Å². The van der Waals surface area contributed by atoms with Gasteiger partial charge in [0.05, 0.1) is 31.4 Å². The molecule has 0 spiro atoms. The highest BCUT2D eigenvalue weighted by Gasteiger charge is 2.37. The van der Waals surface area contributed by atoms with E-state index in [1.165, 1.54) is 5.56 Å². The van der Waals surface area contributed by atoms with Gasteiger partial charge in [0.1, 0.15) is 12.9 Å². The number of carbonyl (C=O) groups is 1. The average Bonchev–Trinajstić information content (AvgIpc) is 2.97. The fraction of sp³-hybridized carbons (Fsp3) is 0.500. The minimum absolute atomic E-state index is 0.0193. The van der Waals surface area contributed by atoms with Gasteiger partial charge >= 0.3 is 0 Å². The molecule has 0 radical (unpaired) electrons. The average molecular weight is 334 g/mol. The van der Waals surface area contributed by atoms with Crippen molar-refractivity contribution in [2.75, 3.05) is 32.8 Å². The topological polar surface area (TPSA) is 57.2 Å². The largest absolute Gasteiger partial charge is 0.364 e. The number of aliphatic imine (C=N–C) groups is 1. The summed E-state index contributed by atoms with van der Waals surface area (Å²) in [4.78, 5) is 20.6. The maximum absolute atomic E-state index is 12.1. The summed E-state index contributed by atoms with van der Waals surface area (Å²) in [5, 5.41) is 2.95. The van der Waals surface area contributed by atoms with E-state index < -0.39 is 0 Å². The van der Waals surface area contributed by atoms with Gasteiger partial charge in [-0.3, -0.25) is 14.7 Å². The minimum Gasteiger partial charge on any atom is -0.364 e.